The molecule has 2 aliphatic heterocycles. The minimum Gasteiger partial charge on any atom is -0.356 e. The van der Waals surface area contributed by atoms with Gasteiger partial charge in [0.15, 0.2) is 0 Å². The van der Waals surface area contributed by atoms with Gasteiger partial charge in [-0.2, -0.15) is 4.31 Å². The highest BCUT2D eigenvalue weighted by atomic mass is 35.5. The number of carbonyl (C=O) groups excluding carboxylic acids is 1. The van der Waals surface area contributed by atoms with E-state index in [2.05, 4.69) is 10.2 Å². The fraction of sp³-hybridized carbons (Fsp3) is 0.385. The lowest BCUT2D eigenvalue weighted by Crippen LogP contribution is -2.41. The van der Waals surface area contributed by atoms with Crippen LogP contribution in [0.5, 0.6) is 0 Å². The van der Waals surface area contributed by atoms with E-state index >= 15 is 0 Å². The van der Waals surface area contributed by atoms with Gasteiger partial charge in [-0.25, -0.2) is 13.4 Å². The Labute approximate surface area is 211 Å². The van der Waals surface area contributed by atoms with E-state index in [1.807, 2.05) is 24.3 Å². The monoisotopic (exact) mass is 512 g/mol. The number of nitrogens with zero attached hydrogens (tertiary/aromatic N) is 3. The van der Waals surface area contributed by atoms with E-state index in [4.69, 9.17) is 16.6 Å². The molecule has 5 rings (SSSR count). The van der Waals surface area contributed by atoms with Crippen molar-refractivity contribution in [3.05, 3.63) is 59.6 Å². The third-order valence-corrected chi connectivity index (χ3v) is 8.94. The molecule has 9 heteroatoms. The van der Waals surface area contributed by atoms with Gasteiger partial charge in [-0.05, 0) is 74.2 Å². The van der Waals surface area contributed by atoms with E-state index < -0.39 is 10.0 Å². The number of carbonyl (C=O) groups is 1. The molecule has 184 valence electrons. The Morgan fingerprint density at radius 3 is 2.60 bits per heavy atom. The molecular formula is C26H29ClN4O3S. The molecule has 35 heavy (non-hydrogen) atoms. The molecule has 0 bridgehead atoms. The average molecular weight is 513 g/mol. The number of pyridine rings is 1. The fourth-order valence-electron chi connectivity index (χ4n) is 4.89. The van der Waals surface area contributed by atoms with Gasteiger partial charge >= 0.3 is 0 Å². The Kier molecular flexibility index (Phi) is 6.95. The lowest BCUT2D eigenvalue weighted by Gasteiger charge is -2.33. The van der Waals surface area contributed by atoms with Crippen LogP contribution in [0.4, 0.5) is 11.5 Å². The predicted molar refractivity (Wildman–Crippen MR) is 139 cm³/mol. The van der Waals surface area contributed by atoms with E-state index in [0.29, 0.717) is 35.2 Å². The molecule has 1 atom stereocenters. The molecule has 2 fully saturated rings. The van der Waals surface area contributed by atoms with Crippen LogP contribution in [0.2, 0.25) is 5.02 Å². The van der Waals surface area contributed by atoms with Crippen molar-refractivity contribution in [3.8, 4) is 0 Å². The number of aromatic nitrogens is 1. The number of amides is 1. The van der Waals surface area contributed by atoms with Crippen LogP contribution in [0.15, 0.2) is 59.5 Å². The standard InChI is InChI=1S/C26H29ClN4O3S/c27-21-7-4-8-22(17-21)28-26(32)20-6-5-13-30(18-20)25-12-9-19-16-23(10-11-24(19)29-25)35(33,34)31-14-2-1-3-15-31/h4,7-12,16-17,20H,1-3,5-6,13-15,18H2,(H,28,32). The summed E-state index contributed by atoms with van der Waals surface area (Å²) in [6.45, 7) is 2.56. The molecule has 1 aromatic heterocycles. The zero-order chi connectivity index (χ0) is 24.4. The summed E-state index contributed by atoms with van der Waals surface area (Å²) in [6.07, 6.45) is 4.60. The Morgan fingerprint density at radius 1 is 0.971 bits per heavy atom. The van der Waals surface area contributed by atoms with Crippen molar-refractivity contribution in [2.24, 2.45) is 5.92 Å². The van der Waals surface area contributed by atoms with Gasteiger partial charge in [0.1, 0.15) is 5.82 Å². The highest BCUT2D eigenvalue weighted by Crippen LogP contribution is 2.28. The molecule has 0 radical (unpaired) electrons. The number of nitrogens with one attached hydrogen (secondary N) is 1. The van der Waals surface area contributed by atoms with Crippen LogP contribution in [-0.2, 0) is 14.8 Å². The summed E-state index contributed by atoms with van der Waals surface area (Å²) < 4.78 is 27.7. The SMILES string of the molecule is O=C(Nc1cccc(Cl)c1)C1CCCN(c2ccc3cc(S(=O)(=O)N4CCCCC4)ccc3n2)C1. The van der Waals surface area contributed by atoms with E-state index in [-0.39, 0.29) is 11.8 Å². The third-order valence-electron chi connectivity index (χ3n) is 6.81. The molecule has 7 nitrogen and oxygen atoms in total. The van der Waals surface area contributed by atoms with Gasteiger partial charge in [-0.1, -0.05) is 24.1 Å². The van der Waals surface area contributed by atoms with Crippen LogP contribution in [0, 0.1) is 5.92 Å². The molecule has 3 heterocycles. The van der Waals surface area contributed by atoms with E-state index in [1.165, 1.54) is 0 Å². The summed E-state index contributed by atoms with van der Waals surface area (Å²) in [5.74, 6) is 0.618. The molecule has 2 aromatic carbocycles. The first-order chi connectivity index (χ1) is 16.9. The Balaban J connectivity index is 1.31. The normalized spacial score (nSPS) is 19.6. The predicted octanol–water partition coefficient (Wildman–Crippen LogP) is 4.92. The molecule has 1 N–H and O–H groups in total. The van der Waals surface area contributed by atoms with Crippen molar-refractivity contribution in [3.63, 3.8) is 0 Å². The van der Waals surface area contributed by atoms with Crippen molar-refractivity contribution < 1.29 is 13.2 Å². The molecule has 3 aromatic rings. The van der Waals surface area contributed by atoms with Crippen molar-refractivity contribution >= 4 is 49.9 Å². The Morgan fingerprint density at radius 2 is 1.80 bits per heavy atom. The van der Waals surface area contributed by atoms with Crippen LogP contribution in [0.1, 0.15) is 32.1 Å². The van der Waals surface area contributed by atoms with Crippen LogP contribution < -0.4 is 10.2 Å². The zero-order valence-electron chi connectivity index (χ0n) is 19.5. The number of piperidine rings is 2. The largest absolute Gasteiger partial charge is 0.356 e. The summed E-state index contributed by atoms with van der Waals surface area (Å²) in [5.41, 5.74) is 1.43. The number of halogens is 1. The number of sulfonamides is 1. The van der Waals surface area contributed by atoms with Gasteiger partial charge in [0, 0.05) is 42.3 Å². The molecule has 0 saturated carbocycles. The molecule has 1 amide bonds. The van der Waals surface area contributed by atoms with Gasteiger partial charge in [0.2, 0.25) is 15.9 Å². The van der Waals surface area contributed by atoms with Gasteiger partial charge in [-0.15, -0.1) is 0 Å². The molecular weight excluding hydrogens is 484 g/mol. The minimum atomic E-state index is -3.49. The summed E-state index contributed by atoms with van der Waals surface area (Å²) in [7, 11) is -3.49. The van der Waals surface area contributed by atoms with Crippen LogP contribution >= 0.6 is 11.6 Å². The van der Waals surface area contributed by atoms with Crippen molar-refractivity contribution in [1.82, 2.24) is 9.29 Å². The number of fused-ring (bicyclic) bond motifs is 1. The maximum atomic E-state index is 13.0. The molecule has 2 saturated heterocycles. The number of rotatable bonds is 5. The Bertz CT molecular complexity index is 1340. The van der Waals surface area contributed by atoms with Gasteiger partial charge < -0.3 is 10.2 Å². The highest BCUT2D eigenvalue weighted by Gasteiger charge is 2.28. The smallest absolute Gasteiger partial charge is 0.243 e. The van der Waals surface area contributed by atoms with Crippen LogP contribution in [0.3, 0.4) is 0 Å². The van der Waals surface area contributed by atoms with Crippen LogP contribution in [-0.4, -0.2) is 49.8 Å². The number of hydrogen-bond acceptors (Lipinski definition) is 5. The minimum absolute atomic E-state index is 0.0229. The lowest BCUT2D eigenvalue weighted by atomic mass is 9.97. The van der Waals surface area contributed by atoms with E-state index in [9.17, 15) is 13.2 Å². The maximum absolute atomic E-state index is 13.0. The molecule has 0 spiro atoms. The second kappa shape index (κ2) is 10.1. The van der Waals surface area contributed by atoms with Crippen molar-refractivity contribution in [1.29, 1.82) is 0 Å². The summed E-state index contributed by atoms with van der Waals surface area (Å²) in [6, 6.07) is 16.1. The molecule has 0 aliphatic carbocycles. The van der Waals surface area contributed by atoms with E-state index in [0.717, 1.165) is 55.4 Å². The number of anilines is 2. The van der Waals surface area contributed by atoms with Gasteiger partial charge in [-0.3, -0.25) is 4.79 Å². The van der Waals surface area contributed by atoms with Gasteiger partial charge in [0.25, 0.3) is 0 Å². The van der Waals surface area contributed by atoms with E-state index in [1.54, 1.807) is 34.6 Å². The van der Waals surface area contributed by atoms with Crippen molar-refractivity contribution in [2.45, 2.75) is 37.0 Å². The third kappa shape index (κ3) is 5.29. The quantitative estimate of drug-likeness (QED) is 0.524. The lowest BCUT2D eigenvalue weighted by molar-refractivity contribution is -0.120. The van der Waals surface area contributed by atoms with Gasteiger partial charge in [0.05, 0.1) is 16.3 Å². The average Bonchev–Trinajstić information content (AvgIpc) is 2.88. The first-order valence-corrected chi connectivity index (χ1v) is 13.9. The number of benzene rings is 2. The molecule has 2 aliphatic rings. The Hall–Kier alpha value is -2.68. The first kappa shape index (κ1) is 24.0. The first-order valence-electron chi connectivity index (χ1n) is 12.1. The topological polar surface area (TPSA) is 82.6 Å². The summed E-state index contributed by atoms with van der Waals surface area (Å²) in [4.78, 5) is 20.1. The second-order valence-electron chi connectivity index (χ2n) is 9.27. The maximum Gasteiger partial charge on any atom is 0.243 e. The second-order valence-corrected chi connectivity index (χ2v) is 11.6. The molecule has 1 unspecified atom stereocenters. The number of hydrogen-bond donors (Lipinski definition) is 1. The highest BCUT2D eigenvalue weighted by molar-refractivity contribution is 7.89. The zero-order valence-corrected chi connectivity index (χ0v) is 21.1. The van der Waals surface area contributed by atoms with Crippen LogP contribution in [0.25, 0.3) is 10.9 Å². The fourth-order valence-corrected chi connectivity index (χ4v) is 6.64. The summed E-state index contributed by atoms with van der Waals surface area (Å²) >= 11 is 6.04. The van der Waals surface area contributed by atoms with Crippen molar-refractivity contribution in [2.75, 3.05) is 36.4 Å². The summed E-state index contributed by atoms with van der Waals surface area (Å²) in [5, 5.41) is 4.34.